The van der Waals surface area contributed by atoms with Gasteiger partial charge < -0.3 is 32.8 Å². The van der Waals surface area contributed by atoms with Gasteiger partial charge in [0.05, 0.1) is 17.4 Å². The van der Waals surface area contributed by atoms with Crippen molar-refractivity contribution in [3.05, 3.63) is 295 Å². The van der Waals surface area contributed by atoms with E-state index in [0.717, 1.165) is 28.5 Å². The zero-order valence-corrected chi connectivity index (χ0v) is 51.8. The van der Waals surface area contributed by atoms with Crippen molar-refractivity contribution in [3.63, 3.8) is 0 Å². The average Bonchev–Trinajstić information content (AvgIpc) is 2.98. The van der Waals surface area contributed by atoms with Crippen LogP contribution < -0.4 is 37.8 Å². The third-order valence-corrected chi connectivity index (χ3v) is 17.8. The van der Waals surface area contributed by atoms with Crippen molar-refractivity contribution in [1.29, 1.82) is 0 Å². The number of aromatic amines is 1. The highest BCUT2D eigenvalue weighted by Crippen LogP contribution is 2.30. The summed E-state index contributed by atoms with van der Waals surface area (Å²) >= 11 is 0. The summed E-state index contributed by atoms with van der Waals surface area (Å²) in [5.41, 5.74) is 3.92. The van der Waals surface area contributed by atoms with Crippen LogP contribution in [0.1, 0.15) is 28.7 Å². The molecule has 0 amide bonds. The third-order valence-electron chi connectivity index (χ3n) is 12.5. The standard InChI is InChI=1S/C17H16N2O3S.C16H15N3O3S.2C16H14N2O4S/c20-23(21,15-9-4-5-10-15)19-17-16(11-6-12-18-17)22-13-14-7-2-1-3-8-14;20-23(21,14-8-10-17-11-14)19-16-15(7-4-9-18-16)22-12-13-5-2-1-3-6-13;19-23(20,15-9-5-11-21-15)18-16-14(8-4-10-17-16)22-12-13-6-2-1-3-7-13;19-23(20,14-8-10-21-12-14)18-16-15(7-4-9-17-16)22-11-13-5-2-1-3-6-13/h1-9,11-12H,10,13H2,(H,18,19);1-11,17H,12H2,(H,18,19);1-11H,12H2,(H,17,18);1-10,12H,11H2,(H,17,18). The molecule has 7 aromatic heterocycles. The predicted molar refractivity (Wildman–Crippen MR) is 345 cm³/mol. The van der Waals surface area contributed by atoms with Gasteiger partial charge in [-0.05, 0) is 101 Å². The molecule has 472 valence electrons. The number of furan rings is 2. The number of H-pyrrole nitrogens is 1. The molecule has 0 bridgehead atoms. The fraction of sp³-hybridized carbons (Fsp3) is 0.0769. The number of pyridine rings is 4. The molecule has 11 aromatic rings. The van der Waals surface area contributed by atoms with E-state index in [1.807, 2.05) is 121 Å². The van der Waals surface area contributed by atoms with E-state index < -0.39 is 40.1 Å². The van der Waals surface area contributed by atoms with Gasteiger partial charge in [-0.3, -0.25) is 18.9 Å². The first-order chi connectivity index (χ1) is 44.6. The van der Waals surface area contributed by atoms with Crippen LogP contribution in [-0.4, -0.2) is 58.6 Å². The Kier molecular flexibility index (Phi) is 22.7. The first-order valence-electron chi connectivity index (χ1n) is 27.7. The lowest BCUT2D eigenvalue weighted by atomic mass is 10.2. The van der Waals surface area contributed by atoms with Crippen molar-refractivity contribution in [2.24, 2.45) is 0 Å². The molecule has 23 nitrogen and oxygen atoms in total. The maximum Gasteiger partial charge on any atom is 0.296 e. The van der Waals surface area contributed by atoms with Crippen LogP contribution in [0.4, 0.5) is 23.3 Å². The molecule has 0 saturated carbocycles. The van der Waals surface area contributed by atoms with Crippen molar-refractivity contribution in [3.8, 4) is 23.0 Å². The van der Waals surface area contributed by atoms with Crippen molar-refractivity contribution in [2.75, 3.05) is 18.9 Å². The van der Waals surface area contributed by atoms with Crippen LogP contribution in [0.15, 0.2) is 297 Å². The number of nitrogens with one attached hydrogen (secondary N) is 5. The highest BCUT2D eigenvalue weighted by Gasteiger charge is 2.23. The monoisotopic (exact) mass is 1320 g/mol. The topological polar surface area (TPSA) is 315 Å². The second-order valence-electron chi connectivity index (χ2n) is 19.1. The first-order valence-corrected chi connectivity index (χ1v) is 33.7. The van der Waals surface area contributed by atoms with Crippen LogP contribution in [0.3, 0.4) is 0 Å². The lowest BCUT2D eigenvalue weighted by molar-refractivity contribution is 0.307. The van der Waals surface area contributed by atoms with E-state index in [2.05, 4.69) is 43.8 Å². The van der Waals surface area contributed by atoms with Crippen molar-refractivity contribution >= 4 is 63.4 Å². The van der Waals surface area contributed by atoms with E-state index in [9.17, 15) is 33.7 Å². The molecule has 1 aliphatic carbocycles. The summed E-state index contributed by atoms with van der Waals surface area (Å²) in [4.78, 5) is 19.4. The maximum atomic E-state index is 12.3. The molecule has 0 spiro atoms. The van der Waals surface area contributed by atoms with Gasteiger partial charge in [0, 0.05) is 43.6 Å². The van der Waals surface area contributed by atoms with E-state index in [1.165, 1.54) is 67.8 Å². The van der Waals surface area contributed by atoms with Crippen LogP contribution >= 0.6 is 0 Å². The number of benzene rings is 4. The van der Waals surface area contributed by atoms with Crippen molar-refractivity contribution in [1.82, 2.24) is 24.9 Å². The van der Waals surface area contributed by atoms with Gasteiger partial charge in [0.1, 0.15) is 42.5 Å². The normalized spacial score (nSPS) is 11.8. The molecule has 5 N–H and O–H groups in total. The molecule has 27 heteroatoms. The molecule has 0 radical (unpaired) electrons. The van der Waals surface area contributed by atoms with E-state index in [4.69, 9.17) is 27.8 Å². The van der Waals surface area contributed by atoms with Gasteiger partial charge in [-0.15, -0.1) is 0 Å². The molecule has 4 aromatic carbocycles. The highest BCUT2D eigenvalue weighted by atomic mass is 32.2. The summed E-state index contributed by atoms with van der Waals surface area (Å²) in [5, 5.41) is -0.183. The summed E-state index contributed by atoms with van der Waals surface area (Å²) in [6.07, 6.45) is 18.2. The molecule has 0 unspecified atom stereocenters. The van der Waals surface area contributed by atoms with Gasteiger partial charge in [0.25, 0.3) is 40.1 Å². The molecule has 0 aliphatic heterocycles. The number of sulfonamides is 4. The number of rotatable bonds is 24. The van der Waals surface area contributed by atoms with Crippen LogP contribution in [0.25, 0.3) is 0 Å². The lowest BCUT2D eigenvalue weighted by Gasteiger charge is -2.13. The van der Waals surface area contributed by atoms with E-state index in [-0.39, 0.29) is 38.2 Å². The Hall–Kier alpha value is -11.0. The number of nitrogens with zero attached hydrogens (tertiary/aromatic N) is 4. The summed E-state index contributed by atoms with van der Waals surface area (Å²) in [6, 6.07) is 57.5. The van der Waals surface area contributed by atoms with Crippen LogP contribution in [-0.2, 0) is 66.5 Å². The highest BCUT2D eigenvalue weighted by molar-refractivity contribution is 7.96. The minimum Gasteiger partial charge on any atom is -0.485 e. The lowest BCUT2D eigenvalue weighted by Crippen LogP contribution is -2.16. The molecule has 92 heavy (non-hydrogen) atoms. The number of anilines is 4. The second-order valence-corrected chi connectivity index (χ2v) is 25.8. The van der Waals surface area contributed by atoms with Crippen molar-refractivity contribution in [2.45, 2.75) is 47.7 Å². The SMILES string of the molecule is O=S(=O)(Nc1ncccc1OCc1ccccc1)C1=CC=CC1.O=S(=O)(Nc1ncccc1OCc1ccccc1)c1cc[nH]c1.O=S(=O)(Nc1ncccc1OCc1ccccc1)c1ccco1.O=S(=O)(Nc1ncccc1OCc1ccccc1)c1ccoc1. The Bertz CT molecular complexity index is 4260. The Morgan fingerprint density at radius 2 is 0.793 bits per heavy atom. The minimum absolute atomic E-state index is 0.0252. The van der Waals surface area contributed by atoms with E-state index >= 15 is 0 Å². The Labute approximate surface area is 531 Å². The molecule has 12 rings (SSSR count). The molecule has 0 atom stereocenters. The van der Waals surface area contributed by atoms with Gasteiger partial charge >= 0.3 is 0 Å². The predicted octanol–water partition coefficient (Wildman–Crippen LogP) is 12.1. The molecular formula is C65H59N9O14S4. The Morgan fingerprint density at radius 1 is 0.402 bits per heavy atom. The van der Waals surface area contributed by atoms with Crippen LogP contribution in [0, 0.1) is 0 Å². The molecular weight excluding hydrogens is 1260 g/mol. The van der Waals surface area contributed by atoms with Gasteiger partial charge in [-0.1, -0.05) is 133 Å². The molecule has 0 fully saturated rings. The second kappa shape index (κ2) is 32.0. The maximum absolute atomic E-state index is 12.3. The van der Waals surface area contributed by atoms with Gasteiger partial charge in [0.2, 0.25) is 5.09 Å². The zero-order chi connectivity index (χ0) is 64.5. The largest absolute Gasteiger partial charge is 0.485 e. The smallest absolute Gasteiger partial charge is 0.296 e. The first kappa shape index (κ1) is 65.4. The van der Waals surface area contributed by atoms with Gasteiger partial charge in [-0.2, -0.15) is 8.42 Å². The number of aromatic nitrogens is 5. The molecule has 1 aliphatic rings. The number of allylic oxidation sites excluding steroid dienone is 4. The summed E-state index contributed by atoms with van der Waals surface area (Å²) in [6.45, 7) is 1.28. The number of ether oxygens (including phenoxy) is 4. The molecule has 0 saturated heterocycles. The van der Waals surface area contributed by atoms with Crippen LogP contribution in [0.5, 0.6) is 23.0 Å². The number of hydrogen-bond acceptors (Lipinski definition) is 18. The third kappa shape index (κ3) is 19.5. The summed E-state index contributed by atoms with van der Waals surface area (Å²) < 4.78 is 140. The Balaban J connectivity index is 0.000000145. The minimum atomic E-state index is -3.83. The van der Waals surface area contributed by atoms with Gasteiger partial charge in [-0.25, -0.2) is 45.2 Å². The van der Waals surface area contributed by atoms with Crippen LogP contribution in [0.2, 0.25) is 0 Å². The fourth-order valence-corrected chi connectivity index (χ4v) is 11.9. The summed E-state index contributed by atoms with van der Waals surface area (Å²) in [7, 11) is -14.9. The van der Waals surface area contributed by atoms with E-state index in [1.54, 1.807) is 73.0 Å². The quantitative estimate of drug-likeness (QED) is 0.0375. The van der Waals surface area contributed by atoms with E-state index in [0.29, 0.717) is 60.8 Å². The Morgan fingerprint density at radius 3 is 1.13 bits per heavy atom. The number of hydrogen-bond donors (Lipinski definition) is 5. The fourth-order valence-electron chi connectivity index (χ4n) is 7.94. The molecule has 7 heterocycles. The zero-order valence-electron chi connectivity index (χ0n) is 48.6. The summed E-state index contributed by atoms with van der Waals surface area (Å²) in [5.74, 6) is 2.04. The van der Waals surface area contributed by atoms with Gasteiger partial charge in [0.15, 0.2) is 46.3 Å². The average molecular weight is 1320 g/mol. The van der Waals surface area contributed by atoms with Crippen molar-refractivity contribution < 1.29 is 61.5 Å².